The Morgan fingerprint density at radius 1 is 1.14 bits per heavy atom. The van der Waals surface area contributed by atoms with Gasteiger partial charge in [0.25, 0.3) is 0 Å². The Kier molecular flexibility index (Phi) is 3.04. The van der Waals surface area contributed by atoms with E-state index in [2.05, 4.69) is 0 Å². The first kappa shape index (κ1) is 13.2. The van der Waals surface area contributed by atoms with E-state index < -0.39 is 5.63 Å². The molecular formula is C16H11NO4S. The summed E-state index contributed by atoms with van der Waals surface area (Å²) < 4.78 is 10.7. The van der Waals surface area contributed by atoms with Gasteiger partial charge in [-0.25, -0.2) is 4.79 Å². The quantitative estimate of drug-likeness (QED) is 0.680. The summed E-state index contributed by atoms with van der Waals surface area (Å²) in [6.45, 7) is 0. The predicted molar refractivity (Wildman–Crippen MR) is 83.9 cm³/mol. The fourth-order valence-corrected chi connectivity index (χ4v) is 3.66. The van der Waals surface area contributed by atoms with Gasteiger partial charge in [0, 0.05) is 5.39 Å². The summed E-state index contributed by atoms with van der Waals surface area (Å²) in [6, 6.07) is 12.5. The van der Waals surface area contributed by atoms with E-state index in [0.717, 1.165) is 5.39 Å². The third-order valence-corrected chi connectivity index (χ3v) is 4.71. The normalized spacial score (nSPS) is 18.3. The van der Waals surface area contributed by atoms with Crippen LogP contribution in [-0.4, -0.2) is 11.7 Å². The fourth-order valence-electron chi connectivity index (χ4n) is 2.55. The molecule has 5 nitrogen and oxygen atoms in total. The number of carbonyl (C=O) groups excluding carboxylic acids is 1. The van der Waals surface area contributed by atoms with E-state index in [4.69, 9.17) is 8.83 Å². The van der Waals surface area contributed by atoms with Crippen molar-refractivity contribution in [2.24, 2.45) is 0 Å². The molecule has 1 fully saturated rings. The SMILES string of the molecule is O=C1CSC(c2ccco2)N1c1cc2ccccc2oc1=O. The van der Waals surface area contributed by atoms with Crippen molar-refractivity contribution in [1.29, 1.82) is 0 Å². The van der Waals surface area contributed by atoms with Gasteiger partial charge in [0.1, 0.15) is 22.4 Å². The number of rotatable bonds is 2. The van der Waals surface area contributed by atoms with E-state index in [-0.39, 0.29) is 17.0 Å². The lowest BCUT2D eigenvalue weighted by Gasteiger charge is -2.21. The molecule has 6 heteroatoms. The summed E-state index contributed by atoms with van der Waals surface area (Å²) in [5.74, 6) is 0.815. The van der Waals surface area contributed by atoms with Crippen molar-refractivity contribution in [1.82, 2.24) is 0 Å². The van der Waals surface area contributed by atoms with Gasteiger partial charge in [-0.05, 0) is 24.3 Å². The van der Waals surface area contributed by atoms with Crippen molar-refractivity contribution in [3.05, 3.63) is 64.9 Å². The molecule has 1 aliphatic rings. The molecule has 0 N–H and O–H groups in total. The first-order valence-electron chi connectivity index (χ1n) is 6.74. The number of thioether (sulfide) groups is 1. The molecule has 3 aromatic rings. The van der Waals surface area contributed by atoms with Gasteiger partial charge in [-0.1, -0.05) is 18.2 Å². The number of nitrogens with zero attached hydrogens (tertiary/aromatic N) is 1. The average molecular weight is 313 g/mol. The second kappa shape index (κ2) is 5.06. The highest BCUT2D eigenvalue weighted by Gasteiger charge is 2.37. The Morgan fingerprint density at radius 3 is 2.82 bits per heavy atom. The van der Waals surface area contributed by atoms with E-state index in [1.54, 1.807) is 36.6 Å². The van der Waals surface area contributed by atoms with Crippen LogP contribution in [-0.2, 0) is 4.79 Å². The minimum absolute atomic E-state index is 0.131. The molecule has 1 amide bonds. The van der Waals surface area contributed by atoms with Gasteiger partial charge in [-0.15, -0.1) is 11.8 Å². The van der Waals surface area contributed by atoms with Crippen LogP contribution in [0.2, 0.25) is 0 Å². The number of hydrogen-bond donors (Lipinski definition) is 0. The molecule has 4 rings (SSSR count). The maximum atomic E-state index is 12.3. The lowest BCUT2D eigenvalue weighted by Crippen LogP contribution is -2.31. The van der Waals surface area contributed by atoms with E-state index in [0.29, 0.717) is 17.1 Å². The summed E-state index contributed by atoms with van der Waals surface area (Å²) in [5, 5.41) is 0.437. The van der Waals surface area contributed by atoms with E-state index in [1.165, 1.54) is 16.7 Å². The van der Waals surface area contributed by atoms with Gasteiger partial charge >= 0.3 is 5.63 Å². The van der Waals surface area contributed by atoms with Gasteiger partial charge in [0.2, 0.25) is 5.91 Å². The first-order chi connectivity index (χ1) is 10.7. The Bertz CT molecular complexity index is 900. The van der Waals surface area contributed by atoms with Crippen LogP contribution in [0, 0.1) is 0 Å². The van der Waals surface area contributed by atoms with Crippen molar-refractivity contribution in [3.8, 4) is 0 Å². The monoisotopic (exact) mass is 313 g/mol. The molecule has 1 aromatic carbocycles. The van der Waals surface area contributed by atoms with E-state index in [9.17, 15) is 9.59 Å². The molecule has 1 atom stereocenters. The molecule has 0 bridgehead atoms. The van der Waals surface area contributed by atoms with Gasteiger partial charge in [-0.2, -0.15) is 0 Å². The second-order valence-corrected chi connectivity index (χ2v) is 5.97. The molecule has 0 radical (unpaired) electrons. The van der Waals surface area contributed by atoms with E-state index >= 15 is 0 Å². The lowest BCUT2D eigenvalue weighted by molar-refractivity contribution is -0.115. The van der Waals surface area contributed by atoms with Gasteiger partial charge in [0.05, 0.1) is 12.0 Å². The van der Waals surface area contributed by atoms with Crippen LogP contribution in [0.25, 0.3) is 11.0 Å². The number of hydrogen-bond acceptors (Lipinski definition) is 5. The van der Waals surface area contributed by atoms with Crippen LogP contribution in [0.5, 0.6) is 0 Å². The van der Waals surface area contributed by atoms with Crippen molar-refractivity contribution >= 4 is 34.3 Å². The number of carbonyl (C=O) groups is 1. The topological polar surface area (TPSA) is 63.7 Å². The Balaban J connectivity index is 1.87. The molecule has 1 unspecified atom stereocenters. The molecule has 2 aromatic heterocycles. The summed E-state index contributed by atoms with van der Waals surface area (Å²) in [6.07, 6.45) is 1.56. The standard InChI is InChI=1S/C16H11NO4S/c18-14-9-22-15(13-6-3-7-20-13)17(14)11-8-10-4-1-2-5-12(10)21-16(11)19/h1-8,15H,9H2. The zero-order valence-electron chi connectivity index (χ0n) is 11.4. The summed E-state index contributed by atoms with van der Waals surface area (Å²) >= 11 is 1.43. The Hall–Kier alpha value is -2.47. The second-order valence-electron chi connectivity index (χ2n) is 4.90. The van der Waals surface area contributed by atoms with Gasteiger partial charge in [0.15, 0.2) is 0 Å². The number of fused-ring (bicyclic) bond motifs is 1. The Morgan fingerprint density at radius 2 is 2.00 bits per heavy atom. The highest BCUT2D eigenvalue weighted by molar-refractivity contribution is 8.00. The summed E-state index contributed by atoms with van der Waals surface area (Å²) in [5.41, 5.74) is 0.228. The van der Waals surface area contributed by atoms with Crippen LogP contribution < -0.4 is 10.5 Å². The zero-order valence-corrected chi connectivity index (χ0v) is 12.2. The molecule has 0 spiro atoms. The number of anilines is 1. The third kappa shape index (κ3) is 2.03. The van der Waals surface area contributed by atoms with Crippen molar-refractivity contribution in [2.45, 2.75) is 5.37 Å². The van der Waals surface area contributed by atoms with Crippen LogP contribution in [0.4, 0.5) is 5.69 Å². The molecule has 0 saturated carbocycles. The number of furan rings is 1. The maximum Gasteiger partial charge on any atom is 0.360 e. The molecule has 3 heterocycles. The fraction of sp³-hybridized carbons (Fsp3) is 0.125. The van der Waals surface area contributed by atoms with E-state index in [1.807, 2.05) is 12.1 Å². The molecule has 0 aliphatic carbocycles. The molecule has 110 valence electrons. The highest BCUT2D eigenvalue weighted by atomic mass is 32.2. The zero-order chi connectivity index (χ0) is 15.1. The summed E-state index contributed by atoms with van der Waals surface area (Å²) in [4.78, 5) is 26.0. The number of benzene rings is 1. The van der Waals surface area contributed by atoms with Crippen LogP contribution in [0.15, 0.2) is 62.4 Å². The van der Waals surface area contributed by atoms with Crippen molar-refractivity contribution in [2.75, 3.05) is 10.7 Å². The molecule has 1 saturated heterocycles. The first-order valence-corrected chi connectivity index (χ1v) is 7.79. The lowest BCUT2D eigenvalue weighted by atomic mass is 10.2. The largest absolute Gasteiger partial charge is 0.466 e. The van der Waals surface area contributed by atoms with Crippen molar-refractivity contribution < 1.29 is 13.6 Å². The average Bonchev–Trinajstić information content (AvgIpc) is 3.16. The highest BCUT2D eigenvalue weighted by Crippen LogP contribution is 2.41. The van der Waals surface area contributed by atoms with Gasteiger partial charge in [-0.3, -0.25) is 9.69 Å². The van der Waals surface area contributed by atoms with Gasteiger partial charge < -0.3 is 8.83 Å². The number of para-hydroxylation sites is 1. The molecule has 22 heavy (non-hydrogen) atoms. The van der Waals surface area contributed by atoms with Crippen LogP contribution in [0.3, 0.4) is 0 Å². The maximum absolute atomic E-state index is 12.3. The number of amides is 1. The summed E-state index contributed by atoms with van der Waals surface area (Å²) in [7, 11) is 0. The predicted octanol–water partition coefficient (Wildman–Crippen LogP) is 3.16. The third-order valence-electron chi connectivity index (χ3n) is 3.54. The minimum atomic E-state index is -0.522. The van der Waals surface area contributed by atoms with Crippen molar-refractivity contribution in [3.63, 3.8) is 0 Å². The van der Waals surface area contributed by atoms with Crippen LogP contribution >= 0.6 is 11.8 Å². The molecule has 1 aliphatic heterocycles. The molecular weight excluding hydrogens is 302 g/mol. The Labute approximate surface area is 129 Å². The smallest absolute Gasteiger partial charge is 0.360 e. The van der Waals surface area contributed by atoms with Crippen LogP contribution in [0.1, 0.15) is 11.1 Å². The minimum Gasteiger partial charge on any atom is -0.466 e.